The number of rotatable bonds is 9. The molecule has 3 aromatic rings. The van der Waals surface area contributed by atoms with Gasteiger partial charge in [0.05, 0.1) is 6.61 Å². The summed E-state index contributed by atoms with van der Waals surface area (Å²) in [5.41, 5.74) is 6.14. The Kier molecular flexibility index (Phi) is 6.49. The van der Waals surface area contributed by atoms with Gasteiger partial charge in [0, 0.05) is 0 Å². The number of carboxylic acid groups (broad SMARTS) is 1. The van der Waals surface area contributed by atoms with Gasteiger partial charge in [0.15, 0.2) is 17.0 Å². The van der Waals surface area contributed by atoms with Crippen molar-refractivity contribution in [2.45, 2.75) is 18.8 Å². The van der Waals surface area contributed by atoms with Crippen molar-refractivity contribution in [3.63, 3.8) is 0 Å². The van der Waals surface area contributed by atoms with E-state index in [0.717, 1.165) is 11.1 Å². The Morgan fingerprint density at radius 1 is 0.828 bits per heavy atom. The van der Waals surface area contributed by atoms with Crippen molar-refractivity contribution in [1.82, 2.24) is 0 Å². The predicted octanol–water partition coefficient (Wildman–Crippen LogP) is 3.08. The minimum absolute atomic E-state index is 0.225. The van der Waals surface area contributed by atoms with Crippen LogP contribution < -0.4 is 15.2 Å². The third-order valence-electron chi connectivity index (χ3n) is 4.56. The predicted molar refractivity (Wildman–Crippen MR) is 109 cm³/mol. The van der Waals surface area contributed by atoms with Crippen LogP contribution in [0.2, 0.25) is 0 Å². The van der Waals surface area contributed by atoms with Gasteiger partial charge in [-0.25, -0.2) is 4.79 Å². The number of carboxylic acids is 1. The van der Waals surface area contributed by atoms with Crippen LogP contribution in [0.4, 0.5) is 0 Å². The molecule has 0 radical (unpaired) electrons. The quantitative estimate of drug-likeness (QED) is 0.516. The lowest BCUT2D eigenvalue weighted by Crippen LogP contribution is -2.48. The van der Waals surface area contributed by atoms with Gasteiger partial charge in [0.1, 0.15) is 13.2 Å². The van der Waals surface area contributed by atoms with Crippen molar-refractivity contribution in [3.8, 4) is 11.5 Å². The van der Waals surface area contributed by atoms with Gasteiger partial charge < -0.3 is 25.4 Å². The molecule has 0 spiro atoms. The summed E-state index contributed by atoms with van der Waals surface area (Å²) < 4.78 is 11.8. The summed E-state index contributed by atoms with van der Waals surface area (Å²) in [6, 6.07) is 23.9. The van der Waals surface area contributed by atoms with Gasteiger partial charge in [-0.15, -0.1) is 0 Å². The maximum atomic E-state index is 11.6. The lowest BCUT2D eigenvalue weighted by atomic mass is 9.91. The standard InChI is InChI=1S/C23H23NO5/c24-23(16-25,22(26)27)19-11-12-20(28-14-17-7-3-1-4-8-17)21(13-19)29-15-18-9-5-2-6-10-18/h1-13,25H,14-16,24H2,(H,26,27)/t23-/m1/s1. The molecule has 29 heavy (non-hydrogen) atoms. The molecule has 0 aliphatic carbocycles. The summed E-state index contributed by atoms with van der Waals surface area (Å²) in [5.74, 6) is -0.516. The number of hydrogen-bond acceptors (Lipinski definition) is 5. The zero-order valence-electron chi connectivity index (χ0n) is 15.8. The summed E-state index contributed by atoms with van der Waals surface area (Å²) in [6.45, 7) is -0.144. The molecule has 0 amide bonds. The van der Waals surface area contributed by atoms with Gasteiger partial charge >= 0.3 is 5.97 Å². The first-order valence-electron chi connectivity index (χ1n) is 9.14. The van der Waals surface area contributed by atoms with Crippen LogP contribution in [-0.2, 0) is 23.5 Å². The highest BCUT2D eigenvalue weighted by molar-refractivity contribution is 5.81. The molecule has 0 saturated carbocycles. The Morgan fingerprint density at radius 3 is 1.83 bits per heavy atom. The maximum Gasteiger partial charge on any atom is 0.330 e. The number of nitrogens with two attached hydrogens (primary N) is 1. The van der Waals surface area contributed by atoms with E-state index < -0.39 is 18.1 Å². The largest absolute Gasteiger partial charge is 0.485 e. The summed E-state index contributed by atoms with van der Waals surface area (Å²) in [4.78, 5) is 11.6. The van der Waals surface area contributed by atoms with Crippen LogP contribution in [0.5, 0.6) is 11.5 Å². The van der Waals surface area contributed by atoms with Crippen LogP contribution >= 0.6 is 0 Å². The van der Waals surface area contributed by atoms with Crippen LogP contribution in [0.1, 0.15) is 16.7 Å². The number of aliphatic carboxylic acids is 1. The topological polar surface area (TPSA) is 102 Å². The van der Waals surface area contributed by atoms with E-state index in [0.29, 0.717) is 18.1 Å². The molecule has 1 atom stereocenters. The molecule has 0 heterocycles. The monoisotopic (exact) mass is 393 g/mol. The van der Waals surface area contributed by atoms with Crippen LogP contribution in [-0.4, -0.2) is 22.8 Å². The number of ether oxygens (including phenoxy) is 2. The first kappa shape index (κ1) is 20.4. The van der Waals surface area contributed by atoms with Gasteiger partial charge in [0.25, 0.3) is 0 Å². The van der Waals surface area contributed by atoms with Gasteiger partial charge in [-0.1, -0.05) is 66.7 Å². The van der Waals surface area contributed by atoms with Crippen molar-refractivity contribution in [2.75, 3.05) is 6.61 Å². The van der Waals surface area contributed by atoms with Crippen molar-refractivity contribution >= 4 is 5.97 Å². The summed E-state index contributed by atoms with van der Waals surface area (Å²) >= 11 is 0. The molecule has 3 rings (SSSR count). The minimum atomic E-state index is -1.93. The first-order valence-corrected chi connectivity index (χ1v) is 9.14. The van der Waals surface area contributed by atoms with Gasteiger partial charge in [-0.2, -0.15) is 0 Å². The van der Waals surface area contributed by atoms with E-state index in [4.69, 9.17) is 15.2 Å². The number of carbonyl (C=O) groups is 1. The van der Waals surface area contributed by atoms with Crippen molar-refractivity contribution in [3.05, 3.63) is 95.6 Å². The number of aliphatic hydroxyl groups excluding tert-OH is 1. The van der Waals surface area contributed by atoms with E-state index in [1.54, 1.807) is 6.07 Å². The summed E-state index contributed by atoms with van der Waals surface area (Å²) in [7, 11) is 0. The molecule has 6 heteroatoms. The Hall–Kier alpha value is -3.35. The molecule has 0 saturated heterocycles. The number of aliphatic hydroxyl groups is 1. The maximum absolute atomic E-state index is 11.6. The lowest BCUT2D eigenvalue weighted by molar-refractivity contribution is -0.145. The fourth-order valence-electron chi connectivity index (χ4n) is 2.77. The second-order valence-corrected chi connectivity index (χ2v) is 6.64. The highest BCUT2D eigenvalue weighted by Crippen LogP contribution is 2.33. The highest BCUT2D eigenvalue weighted by atomic mass is 16.5. The Labute approximate surface area is 169 Å². The minimum Gasteiger partial charge on any atom is -0.485 e. The van der Waals surface area contributed by atoms with E-state index >= 15 is 0 Å². The van der Waals surface area contributed by atoms with Crippen molar-refractivity contribution in [1.29, 1.82) is 0 Å². The average molecular weight is 393 g/mol. The molecule has 3 aromatic carbocycles. The molecular formula is C23H23NO5. The smallest absolute Gasteiger partial charge is 0.330 e. The first-order chi connectivity index (χ1) is 14.0. The molecule has 150 valence electrons. The second-order valence-electron chi connectivity index (χ2n) is 6.64. The van der Waals surface area contributed by atoms with E-state index in [1.165, 1.54) is 12.1 Å². The lowest BCUT2D eigenvalue weighted by Gasteiger charge is -2.24. The van der Waals surface area contributed by atoms with E-state index in [1.807, 2.05) is 60.7 Å². The molecule has 6 nitrogen and oxygen atoms in total. The Bertz CT molecular complexity index is 946. The average Bonchev–Trinajstić information content (AvgIpc) is 2.77. The van der Waals surface area contributed by atoms with Crippen molar-refractivity contribution < 1.29 is 24.5 Å². The van der Waals surface area contributed by atoms with Gasteiger partial charge in [0.2, 0.25) is 0 Å². The molecule has 0 fully saturated rings. The third-order valence-corrected chi connectivity index (χ3v) is 4.56. The highest BCUT2D eigenvalue weighted by Gasteiger charge is 2.36. The third kappa shape index (κ3) is 4.93. The summed E-state index contributed by atoms with van der Waals surface area (Å²) in [6.07, 6.45) is 0. The molecule has 4 N–H and O–H groups in total. The van der Waals surface area contributed by atoms with Crippen LogP contribution in [0.25, 0.3) is 0 Å². The van der Waals surface area contributed by atoms with E-state index in [2.05, 4.69) is 0 Å². The van der Waals surface area contributed by atoms with Crippen LogP contribution in [0.3, 0.4) is 0 Å². The van der Waals surface area contributed by atoms with Crippen LogP contribution in [0.15, 0.2) is 78.9 Å². The van der Waals surface area contributed by atoms with E-state index in [9.17, 15) is 15.0 Å². The zero-order chi connectivity index (χ0) is 20.7. The molecule has 0 aromatic heterocycles. The fourth-order valence-corrected chi connectivity index (χ4v) is 2.77. The number of benzene rings is 3. The van der Waals surface area contributed by atoms with Crippen LogP contribution in [0, 0.1) is 0 Å². The van der Waals surface area contributed by atoms with Gasteiger partial charge in [-0.3, -0.25) is 0 Å². The molecular weight excluding hydrogens is 370 g/mol. The molecule has 0 bridgehead atoms. The second kappa shape index (κ2) is 9.23. The molecule has 0 unspecified atom stereocenters. The SMILES string of the molecule is N[C@@](CO)(C(=O)O)c1ccc(OCc2ccccc2)c(OCc2ccccc2)c1. The van der Waals surface area contributed by atoms with E-state index in [-0.39, 0.29) is 12.2 Å². The Balaban J connectivity index is 1.88. The van der Waals surface area contributed by atoms with Crippen molar-refractivity contribution in [2.24, 2.45) is 5.73 Å². The normalized spacial score (nSPS) is 12.8. The fraction of sp³-hybridized carbons (Fsp3) is 0.174. The zero-order valence-corrected chi connectivity index (χ0v) is 15.8. The molecule has 0 aliphatic heterocycles. The van der Waals surface area contributed by atoms with Gasteiger partial charge in [-0.05, 0) is 28.8 Å². The molecule has 0 aliphatic rings. The number of hydrogen-bond donors (Lipinski definition) is 3. The summed E-state index contributed by atoms with van der Waals surface area (Å²) in [5, 5.41) is 19.0. The Morgan fingerprint density at radius 2 is 1.34 bits per heavy atom.